The highest BCUT2D eigenvalue weighted by atomic mass is 16.3. The van der Waals surface area contributed by atoms with Gasteiger partial charge in [0.1, 0.15) is 0 Å². The number of piperidine rings is 1. The van der Waals surface area contributed by atoms with Gasteiger partial charge in [0.2, 0.25) is 11.9 Å². The van der Waals surface area contributed by atoms with E-state index >= 15 is 0 Å². The van der Waals surface area contributed by atoms with E-state index in [4.69, 9.17) is 9.97 Å². The molecule has 6 heterocycles. The minimum absolute atomic E-state index is 0.0995. The van der Waals surface area contributed by atoms with Crippen LogP contribution in [0, 0.1) is 11.8 Å². The number of anilines is 2. The van der Waals surface area contributed by atoms with Gasteiger partial charge in [0.25, 0.3) is 0 Å². The molecule has 270 valence electrons. The third kappa shape index (κ3) is 7.60. The van der Waals surface area contributed by atoms with Crippen molar-refractivity contribution in [3.8, 4) is 22.5 Å². The molecule has 9 nitrogen and oxygen atoms in total. The first-order chi connectivity index (χ1) is 26.1. The number of aliphatic hydroxyl groups is 1. The number of rotatable bonds is 6. The SMILES string of the molecule is OC1CCN(CC2CCN(c3nccc(-c4ccc5ccccc5c4)n3)C2)CC1.c1ccc2cc(-c3ccnc(N4CC5CCNC5C4)n3)ccc2c1. The van der Waals surface area contributed by atoms with Crippen LogP contribution in [0.4, 0.5) is 11.9 Å². The summed E-state index contributed by atoms with van der Waals surface area (Å²) in [4.78, 5) is 26.0. The molecule has 10 rings (SSSR count). The largest absolute Gasteiger partial charge is 0.393 e. The Morgan fingerprint density at radius 1 is 0.604 bits per heavy atom. The Balaban J connectivity index is 0.000000143. The predicted molar refractivity (Wildman–Crippen MR) is 214 cm³/mol. The van der Waals surface area contributed by atoms with Gasteiger partial charge < -0.3 is 25.1 Å². The molecule has 2 aromatic heterocycles. The molecule has 2 N–H and O–H groups in total. The van der Waals surface area contributed by atoms with Crippen LogP contribution in [0.2, 0.25) is 0 Å². The highest BCUT2D eigenvalue weighted by molar-refractivity contribution is 5.87. The van der Waals surface area contributed by atoms with Gasteiger partial charge >= 0.3 is 0 Å². The number of nitrogens with zero attached hydrogens (tertiary/aromatic N) is 7. The van der Waals surface area contributed by atoms with E-state index in [-0.39, 0.29) is 6.10 Å². The normalized spacial score (nSPS) is 21.9. The number of hydrogen-bond acceptors (Lipinski definition) is 9. The fourth-order valence-electron chi connectivity index (χ4n) is 8.66. The maximum Gasteiger partial charge on any atom is 0.225 e. The average Bonchev–Trinajstić information content (AvgIpc) is 3.97. The Kier molecular flexibility index (Phi) is 9.70. The highest BCUT2D eigenvalue weighted by Crippen LogP contribution is 2.30. The summed E-state index contributed by atoms with van der Waals surface area (Å²) in [6.45, 7) is 8.43. The van der Waals surface area contributed by atoms with Crippen LogP contribution in [0.25, 0.3) is 44.1 Å². The van der Waals surface area contributed by atoms with Crippen molar-refractivity contribution in [3.05, 3.63) is 109 Å². The Hall–Kier alpha value is -4.96. The minimum atomic E-state index is -0.0995. The van der Waals surface area contributed by atoms with E-state index in [1.165, 1.54) is 34.4 Å². The number of nitrogens with one attached hydrogen (secondary N) is 1. The average molecular weight is 705 g/mol. The molecule has 3 atom stereocenters. The highest BCUT2D eigenvalue weighted by Gasteiger charge is 2.37. The number of aromatic nitrogens is 4. The Morgan fingerprint density at radius 3 is 1.83 bits per heavy atom. The summed E-state index contributed by atoms with van der Waals surface area (Å²) in [7, 11) is 0. The van der Waals surface area contributed by atoms with E-state index < -0.39 is 0 Å². The summed E-state index contributed by atoms with van der Waals surface area (Å²) in [5.74, 6) is 3.10. The maximum atomic E-state index is 9.71. The summed E-state index contributed by atoms with van der Waals surface area (Å²) < 4.78 is 0. The number of hydrogen-bond donors (Lipinski definition) is 2. The molecule has 0 amide bonds. The second kappa shape index (κ2) is 15.2. The first-order valence-corrected chi connectivity index (χ1v) is 19.4. The maximum absolute atomic E-state index is 9.71. The minimum Gasteiger partial charge on any atom is -0.393 e. The van der Waals surface area contributed by atoms with E-state index in [1.807, 2.05) is 24.5 Å². The zero-order chi connectivity index (χ0) is 35.6. The Morgan fingerprint density at radius 2 is 1.21 bits per heavy atom. The molecule has 4 saturated heterocycles. The molecule has 9 heteroatoms. The van der Waals surface area contributed by atoms with Gasteiger partial charge in [0, 0.05) is 75.4 Å². The number of benzene rings is 4. The standard InChI is InChI=1S/C24H28N4O.C20H20N4/c29-22-9-12-27(13-10-22)16-18-8-14-28(17-18)24-25-11-7-23(26-24)21-6-5-19-3-1-2-4-20(19)15-21;1-2-4-15-11-16(6-5-14(15)3-1)18-8-10-22-20(23-18)24-12-17-7-9-21-19(17)13-24/h1-7,11,15,18,22,29H,8-10,12-14,16-17H2;1-6,8,10-11,17,19,21H,7,9,12-13H2. The van der Waals surface area contributed by atoms with Crippen molar-refractivity contribution >= 4 is 33.4 Å². The van der Waals surface area contributed by atoms with Crippen molar-refractivity contribution in [2.45, 2.75) is 37.8 Å². The van der Waals surface area contributed by atoms with Gasteiger partial charge in [0.05, 0.1) is 17.5 Å². The molecule has 0 saturated carbocycles. The lowest BCUT2D eigenvalue weighted by molar-refractivity contribution is 0.0762. The molecule has 4 fully saturated rings. The van der Waals surface area contributed by atoms with Crippen LogP contribution in [0.1, 0.15) is 25.7 Å². The van der Waals surface area contributed by atoms with Gasteiger partial charge in [-0.15, -0.1) is 0 Å². The summed E-state index contributed by atoms with van der Waals surface area (Å²) in [6.07, 6.45) is 7.94. The molecular weight excluding hydrogens is 657 g/mol. The van der Waals surface area contributed by atoms with E-state index in [9.17, 15) is 5.11 Å². The summed E-state index contributed by atoms with van der Waals surface area (Å²) >= 11 is 0. The van der Waals surface area contributed by atoms with Gasteiger partial charge in [-0.2, -0.15) is 0 Å². The van der Waals surface area contributed by atoms with E-state index in [0.29, 0.717) is 12.0 Å². The van der Waals surface area contributed by atoms with E-state index in [0.717, 1.165) is 106 Å². The first-order valence-electron chi connectivity index (χ1n) is 19.4. The van der Waals surface area contributed by atoms with Crippen LogP contribution in [0.15, 0.2) is 109 Å². The van der Waals surface area contributed by atoms with Crippen LogP contribution in [-0.4, -0.2) is 94.4 Å². The second-order valence-electron chi connectivity index (χ2n) is 15.3. The third-order valence-electron chi connectivity index (χ3n) is 11.7. The van der Waals surface area contributed by atoms with Crippen molar-refractivity contribution in [3.63, 3.8) is 0 Å². The monoisotopic (exact) mass is 704 g/mol. The Labute approximate surface area is 311 Å². The van der Waals surface area contributed by atoms with Crippen LogP contribution >= 0.6 is 0 Å². The first kappa shape index (κ1) is 33.8. The molecule has 4 aliphatic rings. The molecule has 4 aliphatic heterocycles. The fraction of sp³-hybridized carbons (Fsp3) is 0.364. The van der Waals surface area contributed by atoms with Crippen LogP contribution < -0.4 is 15.1 Å². The predicted octanol–water partition coefficient (Wildman–Crippen LogP) is 6.67. The molecule has 0 radical (unpaired) electrons. The zero-order valence-electron chi connectivity index (χ0n) is 30.3. The van der Waals surface area contributed by atoms with Crippen molar-refractivity contribution in [1.82, 2.24) is 30.2 Å². The van der Waals surface area contributed by atoms with Crippen molar-refractivity contribution in [2.24, 2.45) is 11.8 Å². The van der Waals surface area contributed by atoms with Crippen LogP contribution in [0.3, 0.4) is 0 Å². The zero-order valence-corrected chi connectivity index (χ0v) is 30.3. The molecule has 53 heavy (non-hydrogen) atoms. The lowest BCUT2D eigenvalue weighted by Gasteiger charge is -2.31. The van der Waals surface area contributed by atoms with Crippen LogP contribution in [-0.2, 0) is 0 Å². The van der Waals surface area contributed by atoms with E-state index in [1.54, 1.807) is 0 Å². The Bertz CT molecular complexity index is 2170. The molecule has 0 aliphatic carbocycles. The molecular formula is C44H48N8O. The van der Waals surface area contributed by atoms with Gasteiger partial charge in [-0.05, 0) is 89.9 Å². The van der Waals surface area contributed by atoms with Gasteiger partial charge in [-0.1, -0.05) is 72.8 Å². The third-order valence-corrected chi connectivity index (χ3v) is 11.7. The lowest BCUT2D eigenvalue weighted by Crippen LogP contribution is -2.39. The number of fused-ring (bicyclic) bond motifs is 3. The molecule has 0 spiro atoms. The summed E-state index contributed by atoms with van der Waals surface area (Å²) in [5, 5.41) is 18.3. The van der Waals surface area contributed by atoms with Gasteiger partial charge in [-0.3, -0.25) is 0 Å². The number of likely N-dealkylation sites (tertiary alicyclic amines) is 1. The molecule has 0 bridgehead atoms. The summed E-state index contributed by atoms with van der Waals surface area (Å²) in [5.41, 5.74) is 4.26. The second-order valence-corrected chi connectivity index (χ2v) is 15.3. The topological polar surface area (TPSA) is 93.5 Å². The molecule has 3 unspecified atom stereocenters. The van der Waals surface area contributed by atoms with Gasteiger partial charge in [0.15, 0.2) is 0 Å². The van der Waals surface area contributed by atoms with Crippen LogP contribution in [0.5, 0.6) is 0 Å². The fourth-order valence-corrected chi connectivity index (χ4v) is 8.66. The lowest BCUT2D eigenvalue weighted by atomic mass is 10.0. The van der Waals surface area contributed by atoms with Gasteiger partial charge in [-0.25, -0.2) is 19.9 Å². The van der Waals surface area contributed by atoms with Crippen molar-refractivity contribution in [2.75, 3.05) is 62.2 Å². The van der Waals surface area contributed by atoms with Crippen molar-refractivity contribution < 1.29 is 5.11 Å². The van der Waals surface area contributed by atoms with Crippen molar-refractivity contribution in [1.29, 1.82) is 0 Å². The van der Waals surface area contributed by atoms with E-state index in [2.05, 4.69) is 115 Å². The summed E-state index contributed by atoms with van der Waals surface area (Å²) in [6, 6.07) is 34.5. The molecule has 4 aromatic carbocycles. The quantitative estimate of drug-likeness (QED) is 0.197. The molecule has 6 aromatic rings. The number of aliphatic hydroxyl groups excluding tert-OH is 1. The smallest absolute Gasteiger partial charge is 0.225 e.